The van der Waals surface area contributed by atoms with Crippen LogP contribution in [-0.4, -0.2) is 24.5 Å². The molecule has 3 atom stereocenters. The Morgan fingerprint density at radius 3 is 2.73 bits per heavy atom. The number of carbonyl (C=O) groups excluding carboxylic acids is 1. The summed E-state index contributed by atoms with van der Waals surface area (Å²) in [5.41, 5.74) is 0.428. The van der Waals surface area contributed by atoms with E-state index in [4.69, 9.17) is 0 Å². The second kappa shape index (κ2) is 3.63. The van der Waals surface area contributed by atoms with Crippen LogP contribution in [0.4, 0.5) is 0 Å². The van der Waals surface area contributed by atoms with E-state index in [0.29, 0.717) is 11.5 Å². The molecule has 1 amide bonds. The molecule has 86 valence electrons. The number of hydrogen-bond acceptors (Lipinski definition) is 2. The number of halogens is 1. The summed E-state index contributed by atoms with van der Waals surface area (Å²) in [7, 11) is 0. The quantitative estimate of drug-likeness (QED) is 0.762. The average molecular weight is 231 g/mol. The Balaban J connectivity index is 0.000000853. The van der Waals surface area contributed by atoms with Crippen LogP contribution >= 0.6 is 12.4 Å². The molecule has 15 heavy (non-hydrogen) atoms. The van der Waals surface area contributed by atoms with Crippen LogP contribution in [0, 0.1) is 11.3 Å². The van der Waals surface area contributed by atoms with E-state index in [1.165, 1.54) is 19.3 Å². The van der Waals surface area contributed by atoms with E-state index < -0.39 is 0 Å². The summed E-state index contributed by atoms with van der Waals surface area (Å²) in [4.78, 5) is 11.7. The normalized spacial score (nSPS) is 38.9. The van der Waals surface area contributed by atoms with Gasteiger partial charge in [0.15, 0.2) is 0 Å². The van der Waals surface area contributed by atoms with Crippen molar-refractivity contribution in [3.8, 4) is 0 Å². The van der Waals surface area contributed by atoms with Gasteiger partial charge in [-0.2, -0.15) is 0 Å². The monoisotopic (exact) mass is 230 g/mol. The number of fused-ring (bicyclic) bond motifs is 1. The molecule has 0 aromatic carbocycles. The maximum absolute atomic E-state index is 11.7. The van der Waals surface area contributed by atoms with Gasteiger partial charge in [-0.15, -0.1) is 12.4 Å². The lowest BCUT2D eigenvalue weighted by Gasteiger charge is -2.15. The van der Waals surface area contributed by atoms with Gasteiger partial charge in [0.05, 0.1) is 6.04 Å². The van der Waals surface area contributed by atoms with Crippen LogP contribution in [-0.2, 0) is 4.79 Å². The highest BCUT2D eigenvalue weighted by atomic mass is 35.5. The molecule has 0 bridgehead atoms. The Hall–Kier alpha value is -0.280. The van der Waals surface area contributed by atoms with E-state index in [1.54, 1.807) is 0 Å². The fourth-order valence-corrected chi connectivity index (χ4v) is 2.34. The SMILES string of the molecule is CC1(CNC(=O)[C@@H]2C[C@@H]3C[C@@H]3N2)CC1.Cl. The molecule has 1 heterocycles. The maximum atomic E-state index is 11.7. The van der Waals surface area contributed by atoms with Crippen LogP contribution in [0.3, 0.4) is 0 Å². The molecule has 0 aromatic rings. The van der Waals surface area contributed by atoms with E-state index in [-0.39, 0.29) is 24.4 Å². The number of nitrogens with one attached hydrogen (secondary N) is 2. The van der Waals surface area contributed by atoms with Crippen molar-refractivity contribution in [2.45, 2.75) is 44.7 Å². The zero-order chi connectivity index (χ0) is 9.76. The van der Waals surface area contributed by atoms with Gasteiger partial charge in [-0.1, -0.05) is 6.92 Å². The van der Waals surface area contributed by atoms with Crippen LogP contribution in [0.5, 0.6) is 0 Å². The molecule has 0 spiro atoms. The minimum Gasteiger partial charge on any atom is -0.354 e. The molecule has 2 aliphatic carbocycles. The summed E-state index contributed by atoms with van der Waals surface area (Å²) in [5.74, 6) is 1.03. The Morgan fingerprint density at radius 2 is 2.20 bits per heavy atom. The van der Waals surface area contributed by atoms with Gasteiger partial charge < -0.3 is 10.6 Å². The molecule has 2 saturated carbocycles. The van der Waals surface area contributed by atoms with E-state index in [9.17, 15) is 4.79 Å². The molecule has 3 aliphatic rings. The average Bonchev–Trinajstić information content (AvgIpc) is 3.05. The largest absolute Gasteiger partial charge is 0.354 e. The highest BCUT2D eigenvalue weighted by Gasteiger charge is 2.48. The summed E-state index contributed by atoms with van der Waals surface area (Å²) >= 11 is 0. The second-order valence-corrected chi connectivity index (χ2v) is 5.59. The lowest BCUT2D eigenvalue weighted by atomic mass is 10.1. The van der Waals surface area contributed by atoms with E-state index in [0.717, 1.165) is 18.9 Å². The fourth-order valence-electron chi connectivity index (χ4n) is 2.34. The highest BCUT2D eigenvalue weighted by Crippen LogP contribution is 2.44. The molecule has 0 radical (unpaired) electrons. The van der Waals surface area contributed by atoms with Gasteiger partial charge in [0.1, 0.15) is 0 Å². The van der Waals surface area contributed by atoms with Gasteiger partial charge in [0, 0.05) is 12.6 Å². The first-order chi connectivity index (χ1) is 6.66. The molecule has 3 rings (SSSR count). The Labute approximate surface area is 96.8 Å². The van der Waals surface area contributed by atoms with E-state index >= 15 is 0 Å². The van der Waals surface area contributed by atoms with Crippen molar-refractivity contribution in [2.75, 3.05) is 6.54 Å². The van der Waals surface area contributed by atoms with Gasteiger partial charge in [-0.25, -0.2) is 0 Å². The van der Waals surface area contributed by atoms with Crippen LogP contribution < -0.4 is 10.6 Å². The smallest absolute Gasteiger partial charge is 0.237 e. The van der Waals surface area contributed by atoms with Crippen molar-refractivity contribution in [2.24, 2.45) is 11.3 Å². The topological polar surface area (TPSA) is 41.1 Å². The van der Waals surface area contributed by atoms with Gasteiger partial charge in [0.25, 0.3) is 0 Å². The molecule has 0 aromatic heterocycles. The summed E-state index contributed by atoms with van der Waals surface area (Å²) in [6, 6.07) is 0.781. The van der Waals surface area contributed by atoms with Gasteiger partial charge in [-0.3, -0.25) is 4.79 Å². The number of piperidine rings is 1. The molecule has 0 unspecified atom stereocenters. The lowest BCUT2D eigenvalue weighted by molar-refractivity contribution is -0.123. The third-order valence-corrected chi connectivity index (χ3v) is 3.99. The minimum absolute atomic E-state index is 0. The number of hydrogen-bond donors (Lipinski definition) is 2. The molecule has 1 saturated heterocycles. The van der Waals surface area contributed by atoms with E-state index in [1.807, 2.05) is 0 Å². The Bertz CT molecular complexity index is 268. The second-order valence-electron chi connectivity index (χ2n) is 5.59. The Morgan fingerprint density at radius 1 is 1.47 bits per heavy atom. The van der Waals surface area contributed by atoms with Crippen LogP contribution in [0.2, 0.25) is 0 Å². The molecule has 1 aliphatic heterocycles. The summed E-state index contributed by atoms with van der Waals surface area (Å²) in [6.45, 7) is 3.12. The summed E-state index contributed by atoms with van der Waals surface area (Å²) in [6.07, 6.45) is 4.90. The molecule has 3 nitrogen and oxygen atoms in total. The maximum Gasteiger partial charge on any atom is 0.237 e. The summed E-state index contributed by atoms with van der Waals surface area (Å²) in [5, 5.41) is 6.44. The van der Waals surface area contributed by atoms with Crippen molar-refractivity contribution in [3.63, 3.8) is 0 Å². The van der Waals surface area contributed by atoms with Crippen LogP contribution in [0.25, 0.3) is 0 Å². The van der Waals surface area contributed by atoms with Crippen molar-refractivity contribution >= 4 is 18.3 Å². The first-order valence-electron chi connectivity index (χ1n) is 5.70. The number of carbonyl (C=O) groups is 1. The van der Waals surface area contributed by atoms with Crippen molar-refractivity contribution in [1.82, 2.24) is 10.6 Å². The minimum atomic E-state index is 0. The lowest BCUT2D eigenvalue weighted by Crippen LogP contribution is -2.43. The molecular formula is C11H19ClN2O. The predicted octanol–water partition coefficient (Wildman–Crippen LogP) is 1.07. The van der Waals surface area contributed by atoms with Gasteiger partial charge in [0.2, 0.25) is 5.91 Å². The Kier molecular flexibility index (Phi) is 2.72. The zero-order valence-electron chi connectivity index (χ0n) is 9.08. The highest BCUT2D eigenvalue weighted by molar-refractivity contribution is 5.85. The first kappa shape index (κ1) is 11.2. The first-order valence-corrected chi connectivity index (χ1v) is 5.70. The van der Waals surface area contributed by atoms with E-state index in [2.05, 4.69) is 17.6 Å². The van der Waals surface area contributed by atoms with Crippen molar-refractivity contribution in [3.05, 3.63) is 0 Å². The molecule has 2 N–H and O–H groups in total. The van der Waals surface area contributed by atoms with Crippen LogP contribution in [0.15, 0.2) is 0 Å². The third kappa shape index (κ3) is 2.28. The standard InChI is InChI=1S/C11H18N2O.ClH/c1-11(2-3-11)6-12-10(14)9-5-7-4-8(7)13-9;/h7-9,13H,2-6H2,1H3,(H,12,14);1H/t7-,8-,9-;/m0./s1. The van der Waals surface area contributed by atoms with Crippen molar-refractivity contribution in [1.29, 1.82) is 0 Å². The predicted molar refractivity (Wildman–Crippen MR) is 61.0 cm³/mol. The van der Waals surface area contributed by atoms with Crippen molar-refractivity contribution < 1.29 is 4.79 Å². The van der Waals surface area contributed by atoms with Gasteiger partial charge in [-0.05, 0) is 37.0 Å². The van der Waals surface area contributed by atoms with Gasteiger partial charge >= 0.3 is 0 Å². The summed E-state index contributed by atoms with van der Waals surface area (Å²) < 4.78 is 0. The number of amides is 1. The number of rotatable bonds is 3. The molecule has 3 fully saturated rings. The molecular weight excluding hydrogens is 212 g/mol. The van der Waals surface area contributed by atoms with Crippen LogP contribution in [0.1, 0.15) is 32.6 Å². The fraction of sp³-hybridized carbons (Fsp3) is 0.909. The molecule has 4 heteroatoms. The zero-order valence-corrected chi connectivity index (χ0v) is 9.90. The third-order valence-electron chi connectivity index (χ3n) is 3.99.